The van der Waals surface area contributed by atoms with E-state index in [1.54, 1.807) is 18.2 Å². The molecule has 0 radical (unpaired) electrons. The maximum Gasteiger partial charge on any atom is 0.270 e. The fraction of sp³-hybridized carbons (Fsp3) is 0.0909. The van der Waals surface area contributed by atoms with E-state index in [0.717, 1.165) is 22.7 Å². The number of carbonyl (C=O) groups is 1. The van der Waals surface area contributed by atoms with Gasteiger partial charge in [-0.25, -0.2) is 4.98 Å². The smallest absolute Gasteiger partial charge is 0.270 e. The monoisotopic (exact) mass is 455 g/mol. The van der Waals surface area contributed by atoms with Crippen LogP contribution in [0, 0.1) is 24.0 Å². The van der Waals surface area contributed by atoms with Crippen molar-refractivity contribution in [3.05, 3.63) is 85.4 Å². The lowest BCUT2D eigenvalue weighted by Gasteiger charge is -2.09. The Labute approximate surface area is 186 Å². The normalized spacial score (nSPS) is 11.0. The van der Waals surface area contributed by atoms with Gasteiger partial charge < -0.3 is 9.73 Å². The van der Waals surface area contributed by atoms with Crippen LogP contribution in [0.3, 0.4) is 0 Å². The fourth-order valence-electron chi connectivity index (χ4n) is 3.05. The second kappa shape index (κ2) is 8.02. The highest BCUT2D eigenvalue weighted by Gasteiger charge is 2.18. The number of nitro groups is 1. The third kappa shape index (κ3) is 4.10. The van der Waals surface area contributed by atoms with Gasteiger partial charge in [-0.1, -0.05) is 23.2 Å². The molecule has 1 heterocycles. The van der Waals surface area contributed by atoms with Gasteiger partial charge in [-0.05, 0) is 61.4 Å². The predicted octanol–water partition coefficient (Wildman–Crippen LogP) is 6.58. The molecule has 0 saturated carbocycles. The number of hydrogen-bond acceptors (Lipinski definition) is 5. The molecule has 0 bridgehead atoms. The van der Waals surface area contributed by atoms with Gasteiger partial charge in [-0.15, -0.1) is 0 Å². The van der Waals surface area contributed by atoms with Crippen LogP contribution < -0.4 is 5.32 Å². The van der Waals surface area contributed by atoms with Gasteiger partial charge in [0.1, 0.15) is 5.52 Å². The quantitative estimate of drug-likeness (QED) is 0.276. The van der Waals surface area contributed by atoms with Crippen LogP contribution in [0.25, 0.3) is 22.6 Å². The first-order valence-corrected chi connectivity index (χ1v) is 9.91. The molecule has 9 heteroatoms. The number of nitrogens with one attached hydrogen (secondary N) is 1. The summed E-state index contributed by atoms with van der Waals surface area (Å²) in [5.74, 6) is -0.253. The number of rotatable bonds is 4. The summed E-state index contributed by atoms with van der Waals surface area (Å²) in [5.41, 5.74) is 4.19. The van der Waals surface area contributed by atoms with Crippen molar-refractivity contribution in [1.82, 2.24) is 4.98 Å². The first kappa shape index (κ1) is 20.8. The molecule has 7 nitrogen and oxygen atoms in total. The first-order chi connectivity index (χ1) is 14.7. The summed E-state index contributed by atoms with van der Waals surface area (Å²) in [6.07, 6.45) is 0. The summed E-state index contributed by atoms with van der Waals surface area (Å²) in [6, 6.07) is 12.5. The molecule has 31 heavy (non-hydrogen) atoms. The van der Waals surface area contributed by atoms with Gasteiger partial charge in [0.25, 0.3) is 11.6 Å². The Hall–Kier alpha value is -3.42. The highest BCUT2D eigenvalue weighted by atomic mass is 35.5. The second-order valence-corrected chi connectivity index (χ2v) is 7.81. The Balaban J connectivity index is 1.68. The van der Waals surface area contributed by atoms with Crippen molar-refractivity contribution < 1.29 is 14.1 Å². The number of aryl methyl sites for hydroxylation is 2. The molecule has 3 aromatic carbocycles. The third-order valence-electron chi connectivity index (χ3n) is 4.87. The number of amides is 1. The van der Waals surface area contributed by atoms with Crippen LogP contribution in [0.4, 0.5) is 11.4 Å². The van der Waals surface area contributed by atoms with E-state index in [2.05, 4.69) is 10.3 Å². The lowest BCUT2D eigenvalue weighted by Crippen LogP contribution is -2.13. The van der Waals surface area contributed by atoms with Crippen LogP contribution in [0.1, 0.15) is 21.5 Å². The third-order valence-corrected chi connectivity index (χ3v) is 5.53. The van der Waals surface area contributed by atoms with Gasteiger partial charge in [0, 0.05) is 17.7 Å². The van der Waals surface area contributed by atoms with Crippen molar-refractivity contribution in [3.8, 4) is 11.5 Å². The topological polar surface area (TPSA) is 98.3 Å². The lowest BCUT2D eigenvalue weighted by atomic mass is 10.1. The first-order valence-electron chi connectivity index (χ1n) is 9.16. The fourth-order valence-corrected chi connectivity index (χ4v) is 3.42. The highest BCUT2D eigenvalue weighted by molar-refractivity contribution is 6.36. The molecule has 0 aliphatic rings. The molecule has 0 atom stereocenters. The number of nitrogens with zero attached hydrogens (tertiary/aromatic N) is 2. The van der Waals surface area contributed by atoms with Crippen LogP contribution in [0.5, 0.6) is 0 Å². The highest BCUT2D eigenvalue weighted by Crippen LogP contribution is 2.32. The average molecular weight is 456 g/mol. The number of halogens is 2. The van der Waals surface area contributed by atoms with Crippen molar-refractivity contribution in [3.63, 3.8) is 0 Å². The zero-order chi connectivity index (χ0) is 22.3. The number of non-ortho nitro benzene ring substituents is 1. The minimum Gasteiger partial charge on any atom is -0.436 e. The van der Waals surface area contributed by atoms with Crippen molar-refractivity contribution in [2.24, 2.45) is 0 Å². The Kier molecular flexibility index (Phi) is 5.39. The number of benzene rings is 3. The molecular weight excluding hydrogens is 441 g/mol. The maximum absolute atomic E-state index is 12.7. The molecule has 4 aromatic rings. The molecule has 1 N–H and O–H groups in total. The molecule has 156 valence electrons. The number of fused-ring (bicyclic) bond motifs is 1. The SMILES string of the molecule is Cc1cc2nc(-c3ccc(Cl)c(NC(=O)c4cc([N+](=O)[O-])ccc4Cl)c3)oc2cc1C. The maximum atomic E-state index is 12.7. The van der Waals surface area contributed by atoms with Gasteiger partial charge >= 0.3 is 0 Å². The molecule has 4 rings (SSSR count). The molecule has 0 unspecified atom stereocenters. The van der Waals surface area contributed by atoms with Gasteiger partial charge in [0.05, 0.1) is 26.2 Å². The summed E-state index contributed by atoms with van der Waals surface area (Å²) in [6.45, 7) is 3.99. The molecule has 1 amide bonds. The lowest BCUT2D eigenvalue weighted by molar-refractivity contribution is -0.384. The van der Waals surface area contributed by atoms with E-state index in [1.807, 2.05) is 26.0 Å². The molecule has 0 saturated heterocycles. The van der Waals surface area contributed by atoms with Crippen LogP contribution in [-0.2, 0) is 0 Å². The Morgan fingerprint density at radius 3 is 2.48 bits per heavy atom. The Morgan fingerprint density at radius 1 is 1.03 bits per heavy atom. The molecule has 0 aliphatic carbocycles. The Bertz CT molecular complexity index is 1330. The number of aromatic nitrogens is 1. The largest absolute Gasteiger partial charge is 0.436 e. The van der Waals surface area contributed by atoms with E-state index in [9.17, 15) is 14.9 Å². The molecule has 0 fully saturated rings. The molecular formula is C22H15Cl2N3O4. The predicted molar refractivity (Wildman–Crippen MR) is 120 cm³/mol. The Morgan fingerprint density at radius 2 is 1.74 bits per heavy atom. The van der Waals surface area contributed by atoms with E-state index < -0.39 is 10.8 Å². The van der Waals surface area contributed by atoms with Gasteiger partial charge in [0.15, 0.2) is 5.58 Å². The average Bonchev–Trinajstić information content (AvgIpc) is 3.12. The van der Waals surface area contributed by atoms with E-state index in [4.69, 9.17) is 27.6 Å². The van der Waals surface area contributed by atoms with Crippen molar-refractivity contribution in [2.45, 2.75) is 13.8 Å². The summed E-state index contributed by atoms with van der Waals surface area (Å²) in [4.78, 5) is 27.6. The van der Waals surface area contributed by atoms with E-state index in [1.165, 1.54) is 12.1 Å². The van der Waals surface area contributed by atoms with Gasteiger partial charge in [0.2, 0.25) is 5.89 Å². The molecule has 1 aromatic heterocycles. The van der Waals surface area contributed by atoms with Gasteiger partial charge in [-0.3, -0.25) is 14.9 Å². The summed E-state index contributed by atoms with van der Waals surface area (Å²) in [5, 5.41) is 14.0. The van der Waals surface area contributed by atoms with E-state index in [0.29, 0.717) is 22.7 Å². The molecule has 0 aliphatic heterocycles. The zero-order valence-corrected chi connectivity index (χ0v) is 17.9. The zero-order valence-electron chi connectivity index (χ0n) is 16.4. The van der Waals surface area contributed by atoms with Crippen LogP contribution in [-0.4, -0.2) is 15.8 Å². The number of carbonyl (C=O) groups excluding carboxylic acids is 1. The summed E-state index contributed by atoms with van der Waals surface area (Å²) < 4.78 is 5.87. The van der Waals surface area contributed by atoms with Crippen LogP contribution in [0.2, 0.25) is 10.0 Å². The second-order valence-electron chi connectivity index (χ2n) is 6.99. The van der Waals surface area contributed by atoms with Crippen molar-refractivity contribution in [1.29, 1.82) is 0 Å². The number of nitro benzene ring substituents is 1. The minimum absolute atomic E-state index is 0.0369. The number of anilines is 1. The standard InChI is InChI=1S/C22H15Cl2N3O4/c1-11-7-19-20(8-12(11)2)31-22(26-19)13-3-5-17(24)18(9-13)25-21(28)15-10-14(27(29)30)4-6-16(15)23/h3-10H,1-2H3,(H,25,28). The van der Waals surface area contributed by atoms with Crippen LogP contribution >= 0.6 is 23.2 Å². The van der Waals surface area contributed by atoms with Crippen molar-refractivity contribution in [2.75, 3.05) is 5.32 Å². The van der Waals surface area contributed by atoms with Crippen molar-refractivity contribution >= 4 is 51.6 Å². The molecule has 0 spiro atoms. The van der Waals surface area contributed by atoms with E-state index >= 15 is 0 Å². The number of oxazole rings is 1. The van der Waals surface area contributed by atoms with E-state index in [-0.39, 0.29) is 21.3 Å². The number of hydrogen-bond donors (Lipinski definition) is 1. The van der Waals surface area contributed by atoms with Gasteiger partial charge in [-0.2, -0.15) is 0 Å². The minimum atomic E-state index is -0.628. The van der Waals surface area contributed by atoms with Crippen LogP contribution in [0.15, 0.2) is 52.9 Å². The summed E-state index contributed by atoms with van der Waals surface area (Å²) in [7, 11) is 0. The summed E-state index contributed by atoms with van der Waals surface area (Å²) >= 11 is 12.3.